The van der Waals surface area contributed by atoms with Crippen molar-refractivity contribution in [3.05, 3.63) is 58.1 Å². The summed E-state index contributed by atoms with van der Waals surface area (Å²) in [6.07, 6.45) is 2.55. The lowest BCUT2D eigenvalue weighted by Crippen LogP contribution is -2.41. The topological polar surface area (TPSA) is 84.8 Å². The molecule has 4 unspecified atom stereocenters. The molecule has 6 nitrogen and oxygen atoms in total. The number of hydrogen-bond donors (Lipinski definition) is 4. The Morgan fingerprint density at radius 3 is 2.53 bits per heavy atom. The Morgan fingerprint density at radius 1 is 1.17 bits per heavy atom. The zero-order chi connectivity index (χ0) is 21.4. The molecule has 0 spiro atoms. The SMILES string of the molecule is CSc1ccc(C2C3C(NNC3c3cc(Cl)c(C)cc3O)C(=O)N2CCCO)cc1. The largest absolute Gasteiger partial charge is 0.508 e. The van der Waals surface area contributed by atoms with Gasteiger partial charge in [0.05, 0.1) is 12.1 Å². The van der Waals surface area contributed by atoms with E-state index in [9.17, 15) is 15.0 Å². The summed E-state index contributed by atoms with van der Waals surface area (Å²) < 4.78 is 0. The molecule has 2 heterocycles. The molecule has 0 saturated carbocycles. The molecule has 2 aliphatic rings. The minimum absolute atomic E-state index is 0.0000847. The number of benzene rings is 2. The Balaban J connectivity index is 1.76. The van der Waals surface area contributed by atoms with Crippen LogP contribution in [0, 0.1) is 12.8 Å². The highest BCUT2D eigenvalue weighted by Gasteiger charge is 2.55. The lowest BCUT2D eigenvalue weighted by molar-refractivity contribution is -0.130. The molecule has 0 bridgehead atoms. The molecule has 4 rings (SSSR count). The summed E-state index contributed by atoms with van der Waals surface area (Å²) in [5, 5.41) is 20.6. The number of carbonyl (C=O) groups is 1. The molecule has 0 aromatic heterocycles. The molecular formula is C22H26ClN3O3S. The summed E-state index contributed by atoms with van der Waals surface area (Å²) in [6, 6.07) is 10.8. The number of carbonyl (C=O) groups excluding carboxylic acids is 1. The van der Waals surface area contributed by atoms with Crippen LogP contribution in [0.3, 0.4) is 0 Å². The van der Waals surface area contributed by atoms with Crippen LogP contribution in [0.5, 0.6) is 5.75 Å². The van der Waals surface area contributed by atoms with Gasteiger partial charge in [-0.05, 0) is 55.0 Å². The maximum absolute atomic E-state index is 13.2. The number of rotatable bonds is 6. The molecule has 8 heteroatoms. The quantitative estimate of drug-likeness (QED) is 0.509. The molecule has 2 aromatic rings. The van der Waals surface area contributed by atoms with Gasteiger partial charge < -0.3 is 15.1 Å². The van der Waals surface area contributed by atoms with Crippen LogP contribution < -0.4 is 10.9 Å². The summed E-state index contributed by atoms with van der Waals surface area (Å²) in [4.78, 5) is 16.2. The van der Waals surface area contributed by atoms with E-state index in [1.807, 2.05) is 18.1 Å². The van der Waals surface area contributed by atoms with Gasteiger partial charge in [-0.15, -0.1) is 11.8 Å². The first-order valence-corrected chi connectivity index (χ1v) is 11.6. The number of hydrogen-bond acceptors (Lipinski definition) is 6. The first-order valence-electron chi connectivity index (χ1n) is 10.0. The molecule has 1 amide bonds. The molecule has 2 fully saturated rings. The van der Waals surface area contributed by atoms with Gasteiger partial charge in [0.1, 0.15) is 11.8 Å². The van der Waals surface area contributed by atoms with E-state index in [1.165, 1.54) is 0 Å². The number of aliphatic hydroxyl groups is 1. The smallest absolute Gasteiger partial charge is 0.242 e. The van der Waals surface area contributed by atoms with Crippen molar-refractivity contribution in [3.63, 3.8) is 0 Å². The van der Waals surface area contributed by atoms with Crippen LogP contribution >= 0.6 is 23.4 Å². The second kappa shape index (κ2) is 8.77. The van der Waals surface area contributed by atoms with Gasteiger partial charge in [0.25, 0.3) is 0 Å². The van der Waals surface area contributed by atoms with Gasteiger partial charge in [0.2, 0.25) is 5.91 Å². The van der Waals surface area contributed by atoms with Crippen molar-refractivity contribution < 1.29 is 15.0 Å². The van der Waals surface area contributed by atoms with Gasteiger partial charge in [0, 0.05) is 34.6 Å². The van der Waals surface area contributed by atoms with Gasteiger partial charge in [-0.3, -0.25) is 4.79 Å². The predicted octanol–water partition coefficient (Wildman–Crippen LogP) is 3.18. The van der Waals surface area contributed by atoms with Crippen molar-refractivity contribution >= 4 is 29.3 Å². The second-order valence-electron chi connectivity index (χ2n) is 7.81. The molecule has 4 N–H and O–H groups in total. The van der Waals surface area contributed by atoms with Crippen molar-refractivity contribution in [2.45, 2.75) is 36.4 Å². The zero-order valence-electron chi connectivity index (χ0n) is 16.9. The fraction of sp³-hybridized carbons (Fsp3) is 0.409. The average molecular weight is 448 g/mol. The molecule has 160 valence electrons. The van der Waals surface area contributed by atoms with Crippen LogP contribution in [0.4, 0.5) is 0 Å². The van der Waals surface area contributed by atoms with E-state index in [1.54, 1.807) is 23.9 Å². The number of aliphatic hydroxyl groups excluding tert-OH is 1. The van der Waals surface area contributed by atoms with E-state index in [0.717, 1.165) is 16.0 Å². The summed E-state index contributed by atoms with van der Waals surface area (Å²) in [6.45, 7) is 2.35. The molecule has 0 aliphatic carbocycles. The standard InChI is InChI=1S/C22H26ClN3O3S/c1-12-10-17(28)15(11-16(12)23)19-18-20(25-24-19)22(29)26(8-3-9-27)21(18)13-4-6-14(30-2)7-5-13/h4-7,10-11,18-21,24-25,27-28H,3,8-9H2,1-2H3. The van der Waals surface area contributed by atoms with Gasteiger partial charge in [-0.1, -0.05) is 23.7 Å². The highest BCUT2D eigenvalue weighted by atomic mass is 35.5. The Kier molecular flexibility index (Phi) is 6.27. The number of nitrogens with one attached hydrogen (secondary N) is 2. The number of thioether (sulfide) groups is 1. The third-order valence-corrected chi connectivity index (χ3v) is 7.22. The van der Waals surface area contributed by atoms with Gasteiger partial charge in [-0.2, -0.15) is 0 Å². The molecule has 2 saturated heterocycles. The number of likely N-dealkylation sites (tertiary alicyclic amines) is 1. The predicted molar refractivity (Wildman–Crippen MR) is 119 cm³/mol. The maximum Gasteiger partial charge on any atom is 0.242 e. The molecular weight excluding hydrogens is 422 g/mol. The molecule has 2 aromatic carbocycles. The molecule has 0 radical (unpaired) electrons. The van der Waals surface area contributed by atoms with Crippen LogP contribution in [0.25, 0.3) is 0 Å². The van der Waals surface area contributed by atoms with Crippen LogP contribution in [0.2, 0.25) is 5.02 Å². The van der Waals surface area contributed by atoms with Gasteiger partial charge in [-0.25, -0.2) is 10.9 Å². The number of phenols is 1. The highest BCUT2D eigenvalue weighted by molar-refractivity contribution is 7.98. The summed E-state index contributed by atoms with van der Waals surface area (Å²) in [7, 11) is 0. The van der Waals surface area contributed by atoms with Crippen molar-refractivity contribution in [2.75, 3.05) is 19.4 Å². The number of halogens is 1. The monoisotopic (exact) mass is 447 g/mol. The van der Waals surface area contributed by atoms with Crippen LogP contribution in [0.15, 0.2) is 41.3 Å². The lowest BCUT2D eigenvalue weighted by Gasteiger charge is -2.31. The maximum atomic E-state index is 13.2. The van der Waals surface area contributed by atoms with E-state index in [4.69, 9.17) is 11.6 Å². The molecule has 2 aliphatic heterocycles. The zero-order valence-corrected chi connectivity index (χ0v) is 18.5. The van der Waals surface area contributed by atoms with Crippen molar-refractivity contribution in [1.29, 1.82) is 0 Å². The number of nitrogens with zero attached hydrogens (tertiary/aromatic N) is 1. The third kappa shape index (κ3) is 3.69. The minimum atomic E-state index is -0.418. The molecule has 4 atom stereocenters. The summed E-state index contributed by atoms with van der Waals surface area (Å²) >= 11 is 8.02. The Labute approximate surface area is 185 Å². The normalized spacial score (nSPS) is 25.7. The van der Waals surface area contributed by atoms with E-state index in [-0.39, 0.29) is 36.3 Å². The van der Waals surface area contributed by atoms with Crippen LogP contribution in [0.1, 0.15) is 35.2 Å². The number of amides is 1. The Morgan fingerprint density at radius 2 is 1.87 bits per heavy atom. The number of aryl methyl sites for hydroxylation is 1. The van der Waals surface area contributed by atoms with E-state index in [0.29, 0.717) is 23.6 Å². The van der Waals surface area contributed by atoms with Crippen molar-refractivity contribution in [1.82, 2.24) is 15.8 Å². The highest BCUT2D eigenvalue weighted by Crippen LogP contribution is 2.49. The Hall–Kier alpha value is -1.77. The van der Waals surface area contributed by atoms with E-state index < -0.39 is 6.04 Å². The van der Waals surface area contributed by atoms with Gasteiger partial charge >= 0.3 is 0 Å². The summed E-state index contributed by atoms with van der Waals surface area (Å²) in [5.74, 6) is 0.0238. The van der Waals surface area contributed by atoms with Crippen LogP contribution in [-0.4, -0.2) is 46.5 Å². The number of aromatic hydroxyl groups is 1. The number of fused-ring (bicyclic) bond motifs is 1. The first-order chi connectivity index (χ1) is 14.5. The average Bonchev–Trinajstić information content (AvgIpc) is 3.28. The lowest BCUT2D eigenvalue weighted by atomic mass is 9.83. The van der Waals surface area contributed by atoms with Gasteiger partial charge in [0.15, 0.2) is 0 Å². The second-order valence-corrected chi connectivity index (χ2v) is 9.10. The fourth-order valence-electron chi connectivity index (χ4n) is 4.59. The minimum Gasteiger partial charge on any atom is -0.508 e. The first kappa shape index (κ1) is 21.5. The van der Waals surface area contributed by atoms with Crippen molar-refractivity contribution in [3.8, 4) is 5.75 Å². The number of hydrazine groups is 1. The van der Waals surface area contributed by atoms with Crippen LogP contribution in [-0.2, 0) is 4.79 Å². The molecule has 30 heavy (non-hydrogen) atoms. The fourth-order valence-corrected chi connectivity index (χ4v) is 5.17. The van der Waals surface area contributed by atoms with E-state index >= 15 is 0 Å². The summed E-state index contributed by atoms with van der Waals surface area (Å²) in [5.41, 5.74) is 8.89. The third-order valence-electron chi connectivity index (χ3n) is 6.07. The van der Waals surface area contributed by atoms with Crippen molar-refractivity contribution in [2.24, 2.45) is 5.92 Å². The Bertz CT molecular complexity index is 940. The number of phenolic OH excluding ortho intramolecular Hbond substituents is 1. The van der Waals surface area contributed by atoms with E-state index in [2.05, 4.69) is 35.1 Å².